The summed E-state index contributed by atoms with van der Waals surface area (Å²) in [5.41, 5.74) is 7.13. The molecule has 20 heavy (non-hydrogen) atoms. The van der Waals surface area contributed by atoms with Crippen LogP contribution in [0.1, 0.15) is 0 Å². The highest BCUT2D eigenvalue weighted by Gasteiger charge is 2.08. The van der Waals surface area contributed by atoms with E-state index in [9.17, 15) is 9.18 Å². The SMILES string of the molecule is COc1cc(F)ccc1NC(=O)Nc1ccc(N)cc1. The number of anilines is 3. The Morgan fingerprint density at radius 1 is 1.15 bits per heavy atom. The van der Waals surface area contributed by atoms with E-state index in [2.05, 4.69) is 10.6 Å². The van der Waals surface area contributed by atoms with Crippen LogP contribution in [-0.4, -0.2) is 13.1 Å². The Bertz CT molecular complexity index is 614. The Labute approximate surface area is 115 Å². The number of carbonyl (C=O) groups is 1. The van der Waals surface area contributed by atoms with Crippen molar-refractivity contribution in [3.8, 4) is 5.75 Å². The average molecular weight is 275 g/mol. The number of hydrogen-bond donors (Lipinski definition) is 3. The summed E-state index contributed by atoms with van der Waals surface area (Å²) in [4.78, 5) is 11.8. The molecule has 0 aliphatic carbocycles. The van der Waals surface area contributed by atoms with Gasteiger partial charge in [0, 0.05) is 17.4 Å². The Kier molecular flexibility index (Phi) is 4.05. The molecule has 0 unspecified atom stereocenters. The number of nitrogens with one attached hydrogen (secondary N) is 2. The van der Waals surface area contributed by atoms with E-state index in [0.717, 1.165) is 0 Å². The summed E-state index contributed by atoms with van der Waals surface area (Å²) in [6, 6.07) is 10.1. The zero-order valence-electron chi connectivity index (χ0n) is 10.8. The number of carbonyl (C=O) groups excluding carboxylic acids is 1. The summed E-state index contributed by atoms with van der Waals surface area (Å²) >= 11 is 0. The molecule has 0 aliphatic heterocycles. The maximum Gasteiger partial charge on any atom is 0.323 e. The van der Waals surface area contributed by atoms with Crippen LogP contribution in [0.2, 0.25) is 0 Å². The number of benzene rings is 2. The van der Waals surface area contributed by atoms with E-state index in [1.54, 1.807) is 24.3 Å². The second-order valence-corrected chi connectivity index (χ2v) is 4.05. The van der Waals surface area contributed by atoms with Crippen LogP contribution in [-0.2, 0) is 0 Å². The van der Waals surface area contributed by atoms with Gasteiger partial charge in [0.1, 0.15) is 11.6 Å². The lowest BCUT2D eigenvalue weighted by atomic mass is 10.3. The van der Waals surface area contributed by atoms with Gasteiger partial charge in [-0.05, 0) is 36.4 Å². The monoisotopic (exact) mass is 275 g/mol. The minimum atomic E-state index is -0.459. The Hall–Kier alpha value is -2.76. The van der Waals surface area contributed by atoms with E-state index in [1.807, 2.05) is 0 Å². The van der Waals surface area contributed by atoms with E-state index in [0.29, 0.717) is 17.1 Å². The molecule has 0 saturated heterocycles. The summed E-state index contributed by atoms with van der Waals surface area (Å²) in [7, 11) is 1.40. The standard InChI is InChI=1S/C14H14FN3O2/c1-20-13-8-9(15)2-7-12(13)18-14(19)17-11-5-3-10(16)4-6-11/h2-8H,16H2,1H3,(H2,17,18,19). The first-order valence-corrected chi connectivity index (χ1v) is 5.85. The smallest absolute Gasteiger partial charge is 0.323 e. The molecule has 2 aromatic rings. The van der Waals surface area contributed by atoms with Crippen molar-refractivity contribution in [1.82, 2.24) is 0 Å². The van der Waals surface area contributed by atoms with Gasteiger partial charge in [0.15, 0.2) is 0 Å². The molecule has 0 radical (unpaired) electrons. The van der Waals surface area contributed by atoms with Crippen molar-refractivity contribution in [2.75, 3.05) is 23.5 Å². The van der Waals surface area contributed by atoms with Gasteiger partial charge in [-0.1, -0.05) is 0 Å². The minimum Gasteiger partial charge on any atom is -0.494 e. The number of methoxy groups -OCH3 is 1. The van der Waals surface area contributed by atoms with Crippen molar-refractivity contribution in [2.24, 2.45) is 0 Å². The number of nitrogen functional groups attached to an aromatic ring is 1. The third-order valence-corrected chi connectivity index (χ3v) is 2.58. The third kappa shape index (κ3) is 3.38. The fraction of sp³-hybridized carbons (Fsp3) is 0.0714. The second kappa shape index (κ2) is 5.92. The van der Waals surface area contributed by atoms with Gasteiger partial charge in [-0.2, -0.15) is 0 Å². The van der Waals surface area contributed by atoms with Crippen molar-refractivity contribution in [3.63, 3.8) is 0 Å². The second-order valence-electron chi connectivity index (χ2n) is 4.05. The van der Waals surface area contributed by atoms with Gasteiger partial charge in [0.25, 0.3) is 0 Å². The maximum atomic E-state index is 13.0. The molecule has 5 nitrogen and oxygen atoms in total. The Morgan fingerprint density at radius 3 is 2.50 bits per heavy atom. The molecule has 0 aliphatic rings. The van der Waals surface area contributed by atoms with Crippen molar-refractivity contribution < 1.29 is 13.9 Å². The summed E-state index contributed by atoms with van der Waals surface area (Å²) in [5.74, 6) is -0.191. The highest BCUT2D eigenvalue weighted by molar-refractivity contribution is 6.00. The van der Waals surface area contributed by atoms with Crippen LogP contribution >= 0.6 is 0 Å². The molecule has 0 spiro atoms. The highest BCUT2D eigenvalue weighted by Crippen LogP contribution is 2.25. The molecule has 0 atom stereocenters. The number of urea groups is 1. The van der Waals surface area contributed by atoms with Crippen LogP contribution in [0.5, 0.6) is 5.75 Å². The molecule has 6 heteroatoms. The van der Waals surface area contributed by atoms with Gasteiger partial charge < -0.3 is 21.1 Å². The van der Waals surface area contributed by atoms with Crippen molar-refractivity contribution in [2.45, 2.75) is 0 Å². The van der Waals surface area contributed by atoms with E-state index in [4.69, 9.17) is 10.5 Å². The number of ether oxygens (including phenoxy) is 1. The van der Waals surface area contributed by atoms with E-state index < -0.39 is 11.8 Å². The maximum absolute atomic E-state index is 13.0. The average Bonchev–Trinajstić information content (AvgIpc) is 2.43. The lowest BCUT2D eigenvalue weighted by molar-refractivity contribution is 0.262. The molecule has 0 fully saturated rings. The van der Waals surface area contributed by atoms with Gasteiger partial charge in [0.05, 0.1) is 12.8 Å². The lowest BCUT2D eigenvalue weighted by Crippen LogP contribution is -2.19. The van der Waals surface area contributed by atoms with Crippen LogP contribution in [0, 0.1) is 5.82 Å². The number of hydrogen-bond acceptors (Lipinski definition) is 3. The summed E-state index contributed by atoms with van der Waals surface area (Å²) in [6.45, 7) is 0. The van der Waals surface area contributed by atoms with Gasteiger partial charge in [-0.15, -0.1) is 0 Å². The van der Waals surface area contributed by atoms with Crippen LogP contribution in [0.25, 0.3) is 0 Å². The molecule has 2 amide bonds. The molecule has 0 saturated carbocycles. The quantitative estimate of drug-likeness (QED) is 0.753. The topological polar surface area (TPSA) is 76.4 Å². The van der Waals surface area contributed by atoms with E-state index >= 15 is 0 Å². The van der Waals surface area contributed by atoms with Crippen molar-refractivity contribution >= 4 is 23.1 Å². The van der Waals surface area contributed by atoms with Gasteiger partial charge in [0.2, 0.25) is 0 Å². The molecule has 4 N–H and O–H groups in total. The fourth-order valence-electron chi connectivity index (χ4n) is 1.62. The molecule has 104 valence electrons. The fourth-order valence-corrected chi connectivity index (χ4v) is 1.62. The largest absolute Gasteiger partial charge is 0.494 e. The molecular weight excluding hydrogens is 261 g/mol. The molecule has 2 rings (SSSR count). The normalized spacial score (nSPS) is 9.90. The minimum absolute atomic E-state index is 0.248. The van der Waals surface area contributed by atoms with Crippen LogP contribution in [0.4, 0.5) is 26.2 Å². The lowest BCUT2D eigenvalue weighted by Gasteiger charge is -2.11. The zero-order chi connectivity index (χ0) is 14.5. The first kappa shape index (κ1) is 13.7. The Morgan fingerprint density at radius 2 is 1.85 bits per heavy atom. The highest BCUT2D eigenvalue weighted by atomic mass is 19.1. The Balaban J connectivity index is 2.06. The van der Waals surface area contributed by atoms with Crippen molar-refractivity contribution in [3.05, 3.63) is 48.3 Å². The summed E-state index contributed by atoms with van der Waals surface area (Å²) < 4.78 is 18.0. The molecular formula is C14H14FN3O2. The predicted molar refractivity (Wildman–Crippen MR) is 76.4 cm³/mol. The van der Waals surface area contributed by atoms with Crippen LogP contribution in [0.15, 0.2) is 42.5 Å². The third-order valence-electron chi connectivity index (χ3n) is 2.58. The summed E-state index contributed by atoms with van der Waals surface area (Å²) in [5, 5.41) is 5.21. The predicted octanol–water partition coefficient (Wildman–Crippen LogP) is 3.06. The van der Waals surface area contributed by atoms with Gasteiger partial charge >= 0.3 is 6.03 Å². The molecule has 0 heterocycles. The zero-order valence-corrected chi connectivity index (χ0v) is 10.8. The first-order chi connectivity index (χ1) is 9.58. The number of halogens is 1. The van der Waals surface area contributed by atoms with E-state index in [1.165, 1.54) is 25.3 Å². The van der Waals surface area contributed by atoms with Crippen molar-refractivity contribution in [1.29, 1.82) is 0 Å². The molecule has 0 bridgehead atoms. The van der Waals surface area contributed by atoms with E-state index in [-0.39, 0.29) is 5.75 Å². The van der Waals surface area contributed by atoms with Crippen LogP contribution in [0.3, 0.4) is 0 Å². The number of nitrogens with two attached hydrogens (primary N) is 1. The number of rotatable bonds is 3. The van der Waals surface area contributed by atoms with Gasteiger partial charge in [-0.25, -0.2) is 9.18 Å². The molecule has 2 aromatic carbocycles. The number of amides is 2. The first-order valence-electron chi connectivity index (χ1n) is 5.85. The summed E-state index contributed by atoms with van der Waals surface area (Å²) in [6.07, 6.45) is 0. The molecule has 0 aromatic heterocycles. The van der Waals surface area contributed by atoms with Crippen LogP contribution < -0.4 is 21.1 Å². The van der Waals surface area contributed by atoms with Gasteiger partial charge in [-0.3, -0.25) is 0 Å².